The molecule has 0 unspecified atom stereocenters. The molecule has 0 aromatic heterocycles. The van der Waals surface area contributed by atoms with Gasteiger partial charge in [-0.05, 0) is 33.6 Å². The van der Waals surface area contributed by atoms with E-state index in [1.54, 1.807) is 6.92 Å². The van der Waals surface area contributed by atoms with E-state index >= 15 is 0 Å². The van der Waals surface area contributed by atoms with Crippen molar-refractivity contribution in [2.75, 3.05) is 0 Å². The van der Waals surface area contributed by atoms with Crippen LogP contribution in [0.25, 0.3) is 0 Å². The number of carbonyl (C=O) groups excluding carboxylic acids is 1. The maximum atomic E-state index is 11.4. The molecule has 1 nitrogen and oxygen atoms in total. The van der Waals surface area contributed by atoms with Crippen molar-refractivity contribution in [2.45, 2.75) is 70.3 Å². The Hall–Kier alpha value is 0.0200. The zero-order chi connectivity index (χ0) is 11.2. The molecule has 0 rings (SSSR count). The fourth-order valence-corrected chi connectivity index (χ4v) is 3.11. The van der Waals surface area contributed by atoms with Crippen LogP contribution in [0.3, 0.4) is 0 Å². The number of rotatable bonds is 7. The molecule has 0 spiro atoms. The van der Waals surface area contributed by atoms with Gasteiger partial charge in [0.05, 0.1) is 4.75 Å². The van der Waals surface area contributed by atoms with Crippen LogP contribution in [0, 0.1) is 0 Å². The molecule has 0 aliphatic rings. The van der Waals surface area contributed by atoms with Crippen LogP contribution in [0.4, 0.5) is 0 Å². The van der Waals surface area contributed by atoms with Gasteiger partial charge in [0, 0.05) is 5.25 Å². The van der Waals surface area contributed by atoms with Gasteiger partial charge in [-0.3, -0.25) is 4.79 Å². The standard InChI is InChI=1S/C12H24OS/c1-6-8-11(9-7-2)14-12(4,5)10(3)13/h11H,6-9H2,1-5H3. The number of thioether (sulfide) groups is 1. The first kappa shape index (κ1) is 14.0. The van der Waals surface area contributed by atoms with Gasteiger partial charge < -0.3 is 0 Å². The minimum absolute atomic E-state index is 0.199. The molecule has 0 saturated carbocycles. The summed E-state index contributed by atoms with van der Waals surface area (Å²) in [5, 5.41) is 0.656. The fourth-order valence-electron chi connectivity index (χ4n) is 1.41. The summed E-state index contributed by atoms with van der Waals surface area (Å²) < 4.78 is -0.199. The maximum Gasteiger partial charge on any atom is 0.145 e. The van der Waals surface area contributed by atoms with Gasteiger partial charge in [0.15, 0.2) is 0 Å². The van der Waals surface area contributed by atoms with Gasteiger partial charge >= 0.3 is 0 Å². The van der Waals surface area contributed by atoms with E-state index in [4.69, 9.17) is 0 Å². The molecule has 0 amide bonds. The van der Waals surface area contributed by atoms with Crippen molar-refractivity contribution >= 4 is 17.5 Å². The van der Waals surface area contributed by atoms with Crippen molar-refractivity contribution in [3.05, 3.63) is 0 Å². The number of Topliss-reactive ketones (excluding diaryl/α,β-unsaturated/α-hetero) is 1. The summed E-state index contributed by atoms with van der Waals surface area (Å²) in [6, 6.07) is 0. The lowest BCUT2D eigenvalue weighted by molar-refractivity contribution is -0.118. The largest absolute Gasteiger partial charge is 0.298 e. The molecule has 0 radical (unpaired) electrons. The molecular formula is C12H24OS. The van der Waals surface area contributed by atoms with E-state index in [1.165, 1.54) is 25.7 Å². The molecule has 84 valence electrons. The molecule has 0 atom stereocenters. The van der Waals surface area contributed by atoms with Gasteiger partial charge in [-0.1, -0.05) is 26.7 Å². The van der Waals surface area contributed by atoms with Crippen molar-refractivity contribution in [3.63, 3.8) is 0 Å². The molecule has 0 fully saturated rings. The smallest absolute Gasteiger partial charge is 0.145 e. The van der Waals surface area contributed by atoms with Crippen LogP contribution in [-0.2, 0) is 4.79 Å². The Labute approximate surface area is 93.0 Å². The van der Waals surface area contributed by atoms with E-state index in [2.05, 4.69) is 13.8 Å². The quantitative estimate of drug-likeness (QED) is 0.638. The SMILES string of the molecule is CCCC(CCC)SC(C)(C)C(C)=O. The van der Waals surface area contributed by atoms with Crippen molar-refractivity contribution in [3.8, 4) is 0 Å². The summed E-state index contributed by atoms with van der Waals surface area (Å²) in [4.78, 5) is 11.4. The third-order valence-electron chi connectivity index (χ3n) is 2.53. The highest BCUT2D eigenvalue weighted by atomic mass is 32.2. The maximum absolute atomic E-state index is 11.4. The lowest BCUT2D eigenvalue weighted by Gasteiger charge is -2.26. The van der Waals surface area contributed by atoms with E-state index in [9.17, 15) is 4.79 Å². The van der Waals surface area contributed by atoms with Gasteiger partial charge in [0.1, 0.15) is 5.78 Å². The third-order valence-corrected chi connectivity index (χ3v) is 4.21. The van der Waals surface area contributed by atoms with Crippen LogP contribution in [0.2, 0.25) is 0 Å². The summed E-state index contributed by atoms with van der Waals surface area (Å²) in [6.45, 7) is 10.2. The Bertz CT molecular complexity index is 169. The molecule has 2 heteroatoms. The van der Waals surface area contributed by atoms with Gasteiger partial charge in [-0.25, -0.2) is 0 Å². The molecule has 0 N–H and O–H groups in total. The van der Waals surface area contributed by atoms with Crippen molar-refractivity contribution in [1.82, 2.24) is 0 Å². The van der Waals surface area contributed by atoms with Crippen LogP contribution in [0.1, 0.15) is 60.3 Å². The fraction of sp³-hybridized carbons (Fsp3) is 0.917. The molecule has 0 aromatic rings. The van der Waals surface area contributed by atoms with Crippen LogP contribution in [-0.4, -0.2) is 15.8 Å². The van der Waals surface area contributed by atoms with E-state index in [-0.39, 0.29) is 4.75 Å². The van der Waals surface area contributed by atoms with E-state index in [0.29, 0.717) is 11.0 Å². The van der Waals surface area contributed by atoms with Crippen molar-refractivity contribution < 1.29 is 4.79 Å². The minimum atomic E-state index is -0.199. The molecular weight excluding hydrogens is 192 g/mol. The zero-order valence-electron chi connectivity index (χ0n) is 10.2. The second-order valence-corrected chi connectivity index (χ2v) is 6.31. The minimum Gasteiger partial charge on any atom is -0.298 e. The lowest BCUT2D eigenvalue weighted by Crippen LogP contribution is -2.28. The van der Waals surface area contributed by atoms with Gasteiger partial charge in [-0.15, -0.1) is 11.8 Å². The first-order valence-corrected chi connectivity index (χ1v) is 6.50. The van der Waals surface area contributed by atoms with Crippen LogP contribution in [0.15, 0.2) is 0 Å². The number of ketones is 1. The normalized spacial score (nSPS) is 12.1. The van der Waals surface area contributed by atoms with Crippen LogP contribution >= 0.6 is 11.8 Å². The Morgan fingerprint density at radius 1 is 1.21 bits per heavy atom. The highest BCUT2D eigenvalue weighted by Crippen LogP contribution is 2.34. The monoisotopic (exact) mass is 216 g/mol. The van der Waals surface area contributed by atoms with Gasteiger partial charge in [-0.2, -0.15) is 0 Å². The first-order valence-electron chi connectivity index (χ1n) is 5.62. The third kappa shape index (κ3) is 5.04. The summed E-state index contributed by atoms with van der Waals surface area (Å²) in [6.07, 6.45) is 4.89. The second kappa shape index (κ2) is 6.49. The van der Waals surface area contributed by atoms with Gasteiger partial charge in [0.2, 0.25) is 0 Å². The predicted octanol–water partition coefficient (Wildman–Crippen LogP) is 4.06. The molecule has 0 aliphatic carbocycles. The lowest BCUT2D eigenvalue weighted by atomic mass is 10.1. The van der Waals surface area contributed by atoms with E-state index in [0.717, 1.165) is 0 Å². The highest BCUT2D eigenvalue weighted by Gasteiger charge is 2.27. The van der Waals surface area contributed by atoms with Crippen LogP contribution < -0.4 is 0 Å². The number of hydrogen-bond acceptors (Lipinski definition) is 2. The first-order chi connectivity index (χ1) is 6.44. The number of hydrogen-bond donors (Lipinski definition) is 0. The molecule has 0 heterocycles. The van der Waals surface area contributed by atoms with E-state index < -0.39 is 0 Å². The van der Waals surface area contributed by atoms with Crippen molar-refractivity contribution in [2.24, 2.45) is 0 Å². The molecule has 0 aliphatic heterocycles. The van der Waals surface area contributed by atoms with Gasteiger partial charge in [0.25, 0.3) is 0 Å². The summed E-state index contributed by atoms with van der Waals surface area (Å²) in [7, 11) is 0. The van der Waals surface area contributed by atoms with Crippen molar-refractivity contribution in [1.29, 1.82) is 0 Å². The summed E-state index contributed by atoms with van der Waals surface area (Å²) in [5.41, 5.74) is 0. The van der Waals surface area contributed by atoms with Crippen LogP contribution in [0.5, 0.6) is 0 Å². The Morgan fingerprint density at radius 2 is 1.64 bits per heavy atom. The molecule has 0 saturated heterocycles. The average molecular weight is 216 g/mol. The Kier molecular flexibility index (Phi) is 6.50. The summed E-state index contributed by atoms with van der Waals surface area (Å²) in [5.74, 6) is 0.291. The predicted molar refractivity (Wildman–Crippen MR) is 66.0 cm³/mol. The Balaban J connectivity index is 4.19. The summed E-state index contributed by atoms with van der Waals surface area (Å²) >= 11 is 1.85. The topological polar surface area (TPSA) is 17.1 Å². The zero-order valence-corrected chi connectivity index (χ0v) is 11.0. The molecule has 14 heavy (non-hydrogen) atoms. The molecule has 0 aromatic carbocycles. The highest BCUT2D eigenvalue weighted by molar-refractivity contribution is 8.01. The Morgan fingerprint density at radius 3 is 1.93 bits per heavy atom. The van der Waals surface area contributed by atoms with E-state index in [1.807, 2.05) is 25.6 Å². The second-order valence-electron chi connectivity index (χ2n) is 4.38. The molecule has 0 bridgehead atoms. The number of carbonyl (C=O) groups is 1. The average Bonchev–Trinajstić information content (AvgIpc) is 2.04.